The lowest BCUT2D eigenvalue weighted by molar-refractivity contribution is -0.167. The summed E-state index contributed by atoms with van der Waals surface area (Å²) in [5.74, 6) is -0.883. The van der Waals surface area contributed by atoms with E-state index in [0.717, 1.165) is 96.3 Å². The first kappa shape index (κ1) is 61.9. The van der Waals surface area contributed by atoms with Gasteiger partial charge in [-0.25, -0.2) is 0 Å². The molecule has 0 aromatic heterocycles. The zero-order valence-electron chi connectivity index (χ0n) is 42.7. The molecule has 0 amide bonds. The molecule has 1 unspecified atom stereocenters. The first-order valence-electron chi connectivity index (χ1n) is 27.4. The molecule has 0 fully saturated rings. The fourth-order valence-electron chi connectivity index (χ4n) is 7.62. The van der Waals surface area contributed by atoms with E-state index in [1.54, 1.807) is 0 Å². The van der Waals surface area contributed by atoms with Crippen molar-refractivity contribution in [2.75, 3.05) is 13.2 Å². The minimum absolute atomic E-state index is 0.0738. The molecule has 0 rings (SSSR count). The minimum Gasteiger partial charge on any atom is -0.462 e. The maximum absolute atomic E-state index is 12.7. The van der Waals surface area contributed by atoms with Crippen molar-refractivity contribution in [3.8, 4) is 0 Å². The highest BCUT2D eigenvalue weighted by Gasteiger charge is 2.19. The summed E-state index contributed by atoms with van der Waals surface area (Å²) in [6.45, 7) is 6.46. The third-order valence-electron chi connectivity index (χ3n) is 11.7. The Balaban J connectivity index is 4.07. The summed E-state index contributed by atoms with van der Waals surface area (Å²) in [5.41, 5.74) is 0. The van der Waals surface area contributed by atoms with E-state index in [2.05, 4.69) is 93.7 Å². The molecule has 0 heterocycles. The molecule has 0 aromatic rings. The van der Waals surface area contributed by atoms with Crippen molar-refractivity contribution in [2.24, 2.45) is 0 Å². The quantitative estimate of drug-likeness (QED) is 0.0262. The van der Waals surface area contributed by atoms with Crippen molar-refractivity contribution >= 4 is 17.9 Å². The van der Waals surface area contributed by atoms with Crippen LogP contribution in [-0.4, -0.2) is 37.2 Å². The molecule has 0 N–H and O–H groups in total. The summed E-state index contributed by atoms with van der Waals surface area (Å²) < 4.78 is 16.7. The van der Waals surface area contributed by atoms with Crippen LogP contribution in [0.5, 0.6) is 0 Å². The number of allylic oxidation sites excluding steroid dienone is 12. The van der Waals surface area contributed by atoms with Crippen molar-refractivity contribution < 1.29 is 28.6 Å². The van der Waals surface area contributed by atoms with Crippen LogP contribution in [0.3, 0.4) is 0 Å². The van der Waals surface area contributed by atoms with E-state index in [9.17, 15) is 14.4 Å². The van der Waals surface area contributed by atoms with Gasteiger partial charge in [0.15, 0.2) is 6.10 Å². The Morgan fingerprint density at radius 3 is 0.938 bits per heavy atom. The first-order valence-corrected chi connectivity index (χ1v) is 27.4. The van der Waals surface area contributed by atoms with Crippen LogP contribution in [-0.2, 0) is 28.6 Å². The summed E-state index contributed by atoms with van der Waals surface area (Å²) >= 11 is 0. The Hall–Kier alpha value is -3.15. The van der Waals surface area contributed by atoms with Crippen LogP contribution in [0.4, 0.5) is 0 Å². The van der Waals surface area contributed by atoms with E-state index >= 15 is 0 Å². The minimum atomic E-state index is -0.769. The number of hydrogen-bond donors (Lipinski definition) is 0. The van der Waals surface area contributed by atoms with Gasteiger partial charge < -0.3 is 14.2 Å². The van der Waals surface area contributed by atoms with E-state index < -0.39 is 6.10 Å². The highest BCUT2D eigenvalue weighted by atomic mass is 16.6. The molecule has 6 nitrogen and oxygen atoms in total. The molecule has 0 aliphatic heterocycles. The monoisotopic (exact) mass is 907 g/mol. The topological polar surface area (TPSA) is 78.9 Å². The van der Waals surface area contributed by atoms with Crippen molar-refractivity contribution in [2.45, 2.75) is 271 Å². The fourth-order valence-corrected chi connectivity index (χ4v) is 7.62. The van der Waals surface area contributed by atoms with Gasteiger partial charge in [0.2, 0.25) is 0 Å². The summed E-state index contributed by atoms with van der Waals surface area (Å²) in [4.78, 5) is 37.7. The SMILES string of the molecule is CC/C=C\C/C=C\C/C=C\C/C=C\C/C=C\C/C=C\CCCCCCCCCCCCC(=O)OCC(COC(=O)CCCCCCCC)OC(=O)CCCCCCCCCCCCCC. The Labute approximate surface area is 402 Å². The standard InChI is InChI=1S/C59H102O6/c1-4-7-10-13-16-18-20-22-23-24-25-26-27-28-29-30-31-32-33-34-35-36-37-38-40-41-43-46-49-52-58(61)64-55-56(54-63-57(60)51-48-45-15-12-9-6-3)65-59(62)53-50-47-44-42-39-21-19-17-14-11-8-5-2/h7,10,16,18,22-23,25-26,28-29,31-32,56H,4-6,8-9,11-15,17,19-21,24,27,30,33-55H2,1-3H3/b10-7-,18-16-,23-22-,26-25-,29-28-,32-31-. The van der Waals surface area contributed by atoms with Gasteiger partial charge in [-0.3, -0.25) is 14.4 Å². The second kappa shape index (κ2) is 53.5. The largest absolute Gasteiger partial charge is 0.462 e. The summed E-state index contributed by atoms with van der Waals surface area (Å²) in [6.07, 6.45) is 67.8. The maximum atomic E-state index is 12.7. The van der Waals surface area contributed by atoms with E-state index in [0.29, 0.717) is 19.3 Å². The Bertz CT molecular complexity index is 1230. The second-order valence-electron chi connectivity index (χ2n) is 18.1. The van der Waals surface area contributed by atoms with E-state index in [4.69, 9.17) is 14.2 Å². The molecule has 65 heavy (non-hydrogen) atoms. The van der Waals surface area contributed by atoms with E-state index in [1.807, 2.05) is 0 Å². The number of rotatable bonds is 49. The lowest BCUT2D eigenvalue weighted by atomic mass is 10.0. The molecule has 0 aliphatic rings. The lowest BCUT2D eigenvalue weighted by Gasteiger charge is -2.18. The lowest BCUT2D eigenvalue weighted by Crippen LogP contribution is -2.30. The van der Waals surface area contributed by atoms with Crippen molar-refractivity contribution in [1.82, 2.24) is 0 Å². The molecule has 0 aliphatic carbocycles. The highest BCUT2D eigenvalue weighted by molar-refractivity contribution is 5.71. The number of hydrogen-bond acceptors (Lipinski definition) is 6. The predicted molar refractivity (Wildman–Crippen MR) is 279 cm³/mol. The Morgan fingerprint density at radius 2 is 0.600 bits per heavy atom. The number of carbonyl (C=O) groups is 3. The molecule has 6 heteroatoms. The second-order valence-corrected chi connectivity index (χ2v) is 18.1. The van der Waals surface area contributed by atoms with Gasteiger partial charge in [-0.2, -0.15) is 0 Å². The van der Waals surface area contributed by atoms with Gasteiger partial charge in [-0.1, -0.05) is 248 Å². The molecular formula is C59H102O6. The maximum Gasteiger partial charge on any atom is 0.306 e. The average Bonchev–Trinajstić information content (AvgIpc) is 3.30. The normalized spacial score (nSPS) is 12.6. The zero-order chi connectivity index (χ0) is 47.2. The summed E-state index contributed by atoms with van der Waals surface area (Å²) in [7, 11) is 0. The number of esters is 3. The summed E-state index contributed by atoms with van der Waals surface area (Å²) in [5, 5.41) is 0. The fraction of sp³-hybridized carbons (Fsp3) is 0.746. The Kier molecular flexibility index (Phi) is 50.9. The smallest absolute Gasteiger partial charge is 0.306 e. The average molecular weight is 907 g/mol. The van der Waals surface area contributed by atoms with Crippen LogP contribution < -0.4 is 0 Å². The van der Waals surface area contributed by atoms with Crippen LogP contribution in [0.25, 0.3) is 0 Å². The predicted octanol–water partition coefficient (Wildman–Crippen LogP) is 18.2. The van der Waals surface area contributed by atoms with Crippen LogP contribution in [0.2, 0.25) is 0 Å². The van der Waals surface area contributed by atoms with Gasteiger partial charge in [0.1, 0.15) is 13.2 Å². The number of unbranched alkanes of at least 4 members (excludes halogenated alkanes) is 26. The molecule has 0 aromatic carbocycles. The van der Waals surface area contributed by atoms with Gasteiger partial charge in [0.05, 0.1) is 0 Å². The van der Waals surface area contributed by atoms with Crippen LogP contribution in [0.1, 0.15) is 265 Å². The van der Waals surface area contributed by atoms with Gasteiger partial charge in [-0.15, -0.1) is 0 Å². The van der Waals surface area contributed by atoms with Gasteiger partial charge in [-0.05, 0) is 70.6 Å². The van der Waals surface area contributed by atoms with Crippen LogP contribution in [0, 0.1) is 0 Å². The molecule has 0 saturated heterocycles. The Morgan fingerprint density at radius 1 is 0.323 bits per heavy atom. The van der Waals surface area contributed by atoms with Gasteiger partial charge in [0, 0.05) is 19.3 Å². The molecule has 374 valence electrons. The number of carbonyl (C=O) groups excluding carboxylic acids is 3. The molecule has 0 radical (unpaired) electrons. The molecular weight excluding hydrogens is 805 g/mol. The van der Waals surface area contributed by atoms with Crippen LogP contribution in [0.15, 0.2) is 72.9 Å². The first-order chi connectivity index (χ1) is 32.0. The molecule has 0 saturated carbocycles. The van der Waals surface area contributed by atoms with E-state index in [-0.39, 0.29) is 31.1 Å². The van der Waals surface area contributed by atoms with Gasteiger partial charge in [0.25, 0.3) is 0 Å². The molecule has 1 atom stereocenters. The molecule has 0 bridgehead atoms. The van der Waals surface area contributed by atoms with Crippen molar-refractivity contribution in [1.29, 1.82) is 0 Å². The van der Waals surface area contributed by atoms with Crippen molar-refractivity contribution in [3.05, 3.63) is 72.9 Å². The zero-order valence-corrected chi connectivity index (χ0v) is 42.7. The van der Waals surface area contributed by atoms with E-state index in [1.165, 1.54) is 128 Å². The van der Waals surface area contributed by atoms with Crippen molar-refractivity contribution in [3.63, 3.8) is 0 Å². The highest BCUT2D eigenvalue weighted by Crippen LogP contribution is 2.15. The third-order valence-corrected chi connectivity index (χ3v) is 11.7. The number of ether oxygens (including phenoxy) is 3. The third kappa shape index (κ3) is 51.7. The van der Waals surface area contributed by atoms with Crippen LogP contribution >= 0.6 is 0 Å². The van der Waals surface area contributed by atoms with Gasteiger partial charge >= 0.3 is 17.9 Å². The molecule has 0 spiro atoms. The summed E-state index contributed by atoms with van der Waals surface area (Å²) in [6, 6.07) is 0.